The number of rotatable bonds is 8. The lowest BCUT2D eigenvalue weighted by atomic mass is 9.94. The molecule has 0 atom stereocenters. The van der Waals surface area contributed by atoms with Crippen molar-refractivity contribution in [3.63, 3.8) is 0 Å². The SMILES string of the molecule is O=C(COC(=O)CCCN1C(=O)c2cccc3cccc(c23)C1=O)Nc1ccccc1[N+](=O)[O-]. The predicted octanol–water partition coefficient (Wildman–Crippen LogP) is 3.31. The van der Waals surface area contributed by atoms with E-state index in [0.29, 0.717) is 16.5 Å². The Morgan fingerprint density at radius 1 is 0.941 bits per heavy atom. The van der Waals surface area contributed by atoms with Crippen LogP contribution in [0.15, 0.2) is 60.7 Å². The number of ether oxygens (including phenoxy) is 1. The molecule has 0 radical (unpaired) electrons. The van der Waals surface area contributed by atoms with Crippen molar-refractivity contribution in [1.29, 1.82) is 0 Å². The van der Waals surface area contributed by atoms with Crippen molar-refractivity contribution in [2.45, 2.75) is 12.8 Å². The van der Waals surface area contributed by atoms with Gasteiger partial charge in [-0.1, -0.05) is 36.4 Å². The highest BCUT2D eigenvalue weighted by atomic mass is 16.6. The summed E-state index contributed by atoms with van der Waals surface area (Å²) in [5, 5.41) is 14.8. The molecule has 3 amide bonds. The summed E-state index contributed by atoms with van der Waals surface area (Å²) in [5.41, 5.74) is 0.574. The minimum Gasteiger partial charge on any atom is -0.456 e. The molecule has 0 saturated heterocycles. The third kappa shape index (κ3) is 4.46. The molecular weight excluding hydrogens is 442 g/mol. The largest absolute Gasteiger partial charge is 0.456 e. The maximum atomic E-state index is 12.8. The van der Waals surface area contributed by atoms with Gasteiger partial charge in [-0.3, -0.25) is 34.2 Å². The molecule has 3 aromatic carbocycles. The zero-order chi connectivity index (χ0) is 24.2. The molecule has 10 heteroatoms. The number of esters is 1. The van der Waals surface area contributed by atoms with Crippen LogP contribution >= 0.6 is 0 Å². The molecule has 1 aliphatic heterocycles. The molecule has 0 unspecified atom stereocenters. The fourth-order valence-corrected chi connectivity index (χ4v) is 3.81. The second-order valence-corrected chi connectivity index (χ2v) is 7.56. The van der Waals surface area contributed by atoms with Crippen LogP contribution in [0.1, 0.15) is 33.6 Å². The van der Waals surface area contributed by atoms with Gasteiger partial charge in [0.1, 0.15) is 5.69 Å². The topological polar surface area (TPSA) is 136 Å². The molecule has 0 spiro atoms. The van der Waals surface area contributed by atoms with Crippen LogP contribution in [0.5, 0.6) is 0 Å². The number of benzene rings is 3. The summed E-state index contributed by atoms with van der Waals surface area (Å²) in [4.78, 5) is 61.2. The maximum Gasteiger partial charge on any atom is 0.306 e. The molecule has 0 aliphatic carbocycles. The highest BCUT2D eigenvalue weighted by molar-refractivity contribution is 6.25. The van der Waals surface area contributed by atoms with Gasteiger partial charge in [0.05, 0.1) is 4.92 Å². The van der Waals surface area contributed by atoms with Crippen molar-refractivity contribution in [1.82, 2.24) is 4.90 Å². The highest BCUT2D eigenvalue weighted by Crippen LogP contribution is 2.30. The quantitative estimate of drug-likeness (QED) is 0.235. The fourth-order valence-electron chi connectivity index (χ4n) is 3.81. The molecule has 0 aromatic heterocycles. The van der Waals surface area contributed by atoms with Gasteiger partial charge in [-0.25, -0.2) is 0 Å². The summed E-state index contributed by atoms with van der Waals surface area (Å²) in [7, 11) is 0. The lowest BCUT2D eigenvalue weighted by Gasteiger charge is -2.27. The van der Waals surface area contributed by atoms with Gasteiger partial charge in [0.25, 0.3) is 23.4 Å². The zero-order valence-electron chi connectivity index (χ0n) is 17.9. The van der Waals surface area contributed by atoms with Crippen LogP contribution in [0.25, 0.3) is 10.8 Å². The summed E-state index contributed by atoms with van der Waals surface area (Å²) in [6.07, 6.45) is 0.0297. The van der Waals surface area contributed by atoms with E-state index in [1.165, 1.54) is 24.3 Å². The molecule has 1 heterocycles. The van der Waals surface area contributed by atoms with Crippen molar-refractivity contribution in [3.05, 3.63) is 81.9 Å². The van der Waals surface area contributed by atoms with Crippen LogP contribution in [-0.4, -0.2) is 46.7 Å². The Labute approximate surface area is 193 Å². The van der Waals surface area contributed by atoms with Crippen LogP contribution in [0.3, 0.4) is 0 Å². The number of carbonyl (C=O) groups is 4. The van der Waals surface area contributed by atoms with Crippen molar-refractivity contribution >= 4 is 45.8 Å². The lowest BCUT2D eigenvalue weighted by Crippen LogP contribution is -2.41. The molecule has 4 rings (SSSR count). The normalized spacial score (nSPS) is 12.5. The van der Waals surface area contributed by atoms with Crippen molar-refractivity contribution in [2.75, 3.05) is 18.5 Å². The number of nitro groups is 1. The number of hydrogen-bond acceptors (Lipinski definition) is 7. The highest BCUT2D eigenvalue weighted by Gasteiger charge is 2.32. The van der Waals surface area contributed by atoms with Gasteiger partial charge in [-0.05, 0) is 30.0 Å². The van der Waals surface area contributed by atoms with E-state index in [-0.39, 0.29) is 30.8 Å². The first kappa shape index (κ1) is 22.6. The average molecular weight is 461 g/mol. The molecule has 0 fully saturated rings. The number of anilines is 1. The summed E-state index contributed by atoms with van der Waals surface area (Å²) >= 11 is 0. The third-order valence-electron chi connectivity index (χ3n) is 5.36. The van der Waals surface area contributed by atoms with Crippen molar-refractivity contribution in [3.8, 4) is 0 Å². The van der Waals surface area contributed by atoms with E-state index in [1.54, 1.807) is 24.3 Å². The van der Waals surface area contributed by atoms with Crippen molar-refractivity contribution in [2.24, 2.45) is 0 Å². The third-order valence-corrected chi connectivity index (χ3v) is 5.36. The molecule has 0 bridgehead atoms. The summed E-state index contributed by atoms with van der Waals surface area (Å²) in [5.74, 6) is -2.27. The molecule has 34 heavy (non-hydrogen) atoms. The van der Waals surface area contributed by atoms with Gasteiger partial charge < -0.3 is 10.1 Å². The smallest absolute Gasteiger partial charge is 0.306 e. The Morgan fingerprint density at radius 2 is 1.59 bits per heavy atom. The van der Waals surface area contributed by atoms with Crippen molar-refractivity contribution < 1.29 is 28.8 Å². The lowest BCUT2D eigenvalue weighted by molar-refractivity contribution is -0.383. The minimum absolute atomic E-state index is 0.00836. The van der Waals surface area contributed by atoms with Gasteiger partial charge in [0.15, 0.2) is 6.61 Å². The molecule has 1 N–H and O–H groups in total. The number of hydrogen-bond donors (Lipinski definition) is 1. The number of para-hydroxylation sites is 2. The summed E-state index contributed by atoms with van der Waals surface area (Å²) in [6, 6.07) is 16.1. The summed E-state index contributed by atoms with van der Waals surface area (Å²) < 4.78 is 4.91. The van der Waals surface area contributed by atoms with Gasteiger partial charge in [-0.2, -0.15) is 0 Å². The monoisotopic (exact) mass is 461 g/mol. The van der Waals surface area contributed by atoms with Crippen LogP contribution in [-0.2, 0) is 14.3 Å². The Bertz CT molecular complexity index is 1280. The Balaban J connectivity index is 1.29. The van der Waals surface area contributed by atoms with Crippen LogP contribution in [0, 0.1) is 10.1 Å². The van der Waals surface area contributed by atoms with E-state index in [2.05, 4.69) is 5.32 Å². The number of nitro benzene ring substituents is 1. The molecule has 0 saturated carbocycles. The van der Waals surface area contributed by atoms with Crippen LogP contribution in [0.2, 0.25) is 0 Å². The van der Waals surface area contributed by atoms with E-state index in [1.807, 2.05) is 12.1 Å². The standard InChI is InChI=1S/C24H19N3O7/c28-20(25-18-10-1-2-11-19(18)27(32)33)14-34-21(29)12-5-13-26-23(30)16-8-3-6-15-7-4-9-17(22(15)16)24(26)31/h1-4,6-11H,5,12-14H2,(H,25,28). The molecule has 172 valence electrons. The van der Waals surface area contributed by atoms with Crippen LogP contribution < -0.4 is 5.32 Å². The van der Waals surface area contributed by atoms with Crippen LogP contribution in [0.4, 0.5) is 11.4 Å². The van der Waals surface area contributed by atoms with Gasteiger partial charge in [0, 0.05) is 35.5 Å². The number of nitrogens with zero attached hydrogens (tertiary/aromatic N) is 2. The Morgan fingerprint density at radius 3 is 2.24 bits per heavy atom. The van der Waals surface area contributed by atoms with E-state index < -0.39 is 35.2 Å². The first-order chi connectivity index (χ1) is 16.4. The average Bonchev–Trinajstić information content (AvgIpc) is 2.83. The zero-order valence-corrected chi connectivity index (χ0v) is 17.9. The van der Waals surface area contributed by atoms with Gasteiger partial charge in [0.2, 0.25) is 0 Å². The number of amides is 3. The first-order valence-corrected chi connectivity index (χ1v) is 10.4. The van der Waals surface area contributed by atoms with E-state index in [0.717, 1.165) is 10.3 Å². The van der Waals surface area contributed by atoms with E-state index in [9.17, 15) is 29.3 Å². The predicted molar refractivity (Wildman–Crippen MR) is 121 cm³/mol. The maximum absolute atomic E-state index is 12.8. The second kappa shape index (κ2) is 9.49. The minimum atomic E-state index is -0.728. The number of imide groups is 1. The number of nitrogens with one attached hydrogen (secondary N) is 1. The number of carbonyl (C=O) groups excluding carboxylic acids is 4. The van der Waals surface area contributed by atoms with E-state index in [4.69, 9.17) is 4.74 Å². The molecular formula is C24H19N3O7. The fraction of sp³-hybridized carbons (Fsp3) is 0.167. The second-order valence-electron chi connectivity index (χ2n) is 7.56. The Hall–Kier alpha value is -4.60. The van der Waals surface area contributed by atoms with E-state index >= 15 is 0 Å². The molecule has 1 aliphatic rings. The first-order valence-electron chi connectivity index (χ1n) is 10.4. The molecule has 3 aromatic rings. The Kier molecular flexibility index (Phi) is 6.30. The summed E-state index contributed by atoms with van der Waals surface area (Å²) in [6.45, 7) is -0.609. The molecule has 10 nitrogen and oxygen atoms in total. The van der Waals surface area contributed by atoms with Gasteiger partial charge in [-0.15, -0.1) is 0 Å². The van der Waals surface area contributed by atoms with Gasteiger partial charge >= 0.3 is 5.97 Å².